The van der Waals surface area contributed by atoms with Crippen LogP contribution in [0, 0.1) is 0 Å². The summed E-state index contributed by atoms with van der Waals surface area (Å²) in [5, 5.41) is 3.39. The molecule has 0 spiro atoms. The average Bonchev–Trinajstić information content (AvgIpc) is 2.46. The molecule has 1 rings (SSSR count). The van der Waals surface area contributed by atoms with Gasteiger partial charge < -0.3 is 0 Å². The van der Waals surface area contributed by atoms with Crippen LogP contribution in [-0.4, -0.2) is 43.6 Å². The summed E-state index contributed by atoms with van der Waals surface area (Å²) in [5.41, 5.74) is 2.73. The number of nitrogens with one attached hydrogen (secondary N) is 1. The van der Waals surface area contributed by atoms with Crippen LogP contribution >= 0.6 is 23.4 Å². The number of sulfonamides is 1. The minimum atomic E-state index is -3.35. The van der Waals surface area contributed by atoms with E-state index in [1.165, 1.54) is 23.4 Å². The van der Waals surface area contributed by atoms with E-state index >= 15 is 0 Å². The average molecular weight is 258 g/mol. The lowest BCUT2D eigenvalue weighted by Crippen LogP contribution is -2.45. The molecule has 0 amide bonds. The summed E-state index contributed by atoms with van der Waals surface area (Å²) in [6.45, 7) is 0. The first-order valence-corrected chi connectivity index (χ1v) is 6.62. The first-order chi connectivity index (χ1) is 6.41. The van der Waals surface area contributed by atoms with Crippen LogP contribution in [-0.2, 0) is 10.0 Å². The summed E-state index contributed by atoms with van der Waals surface area (Å²) in [5.74, 6) is 0. The number of hydrogen-bond acceptors (Lipinski definition) is 5. The van der Waals surface area contributed by atoms with Crippen molar-refractivity contribution in [3.63, 3.8) is 0 Å². The predicted molar refractivity (Wildman–Crippen MR) is 58.8 cm³/mol. The molecule has 0 aromatic heterocycles. The van der Waals surface area contributed by atoms with Crippen molar-refractivity contribution in [2.75, 3.05) is 21.1 Å². The third kappa shape index (κ3) is 2.01. The van der Waals surface area contributed by atoms with Gasteiger partial charge >= 0.3 is 0 Å². The van der Waals surface area contributed by atoms with Crippen LogP contribution in [0.4, 0.5) is 0 Å². The molecule has 0 fully saturated rings. The zero-order valence-corrected chi connectivity index (χ0v) is 10.4. The minimum Gasteiger partial charge on any atom is -0.267 e. The SMILES string of the molecule is CNN1C(Cl)=CSC1S(=O)(=O)N(C)C. The molecule has 5 nitrogen and oxygen atoms in total. The van der Waals surface area contributed by atoms with Crippen molar-refractivity contribution in [2.45, 2.75) is 4.71 Å². The maximum absolute atomic E-state index is 11.8. The number of rotatable bonds is 3. The van der Waals surface area contributed by atoms with E-state index in [0.717, 1.165) is 11.8 Å². The fourth-order valence-electron chi connectivity index (χ4n) is 0.929. The van der Waals surface area contributed by atoms with Gasteiger partial charge in [0.2, 0.25) is 14.7 Å². The molecule has 1 aliphatic heterocycles. The molecule has 0 radical (unpaired) electrons. The second-order valence-corrected chi connectivity index (χ2v) is 6.65. The Morgan fingerprint density at radius 2 is 2.21 bits per heavy atom. The van der Waals surface area contributed by atoms with Gasteiger partial charge in [-0.15, -0.1) is 0 Å². The fraction of sp³-hybridized carbons (Fsp3) is 0.667. The first-order valence-electron chi connectivity index (χ1n) is 3.80. The van der Waals surface area contributed by atoms with Gasteiger partial charge in [0.05, 0.1) is 0 Å². The van der Waals surface area contributed by atoms with E-state index in [4.69, 9.17) is 11.6 Å². The third-order valence-electron chi connectivity index (χ3n) is 1.73. The van der Waals surface area contributed by atoms with Gasteiger partial charge in [-0.3, -0.25) is 5.01 Å². The summed E-state index contributed by atoms with van der Waals surface area (Å²) in [6.07, 6.45) is 0. The van der Waals surface area contributed by atoms with Gasteiger partial charge in [-0.1, -0.05) is 23.4 Å². The molecule has 0 bridgehead atoms. The highest BCUT2D eigenvalue weighted by Gasteiger charge is 2.37. The van der Waals surface area contributed by atoms with Gasteiger partial charge in [-0.2, -0.15) is 0 Å². The lowest BCUT2D eigenvalue weighted by molar-refractivity contribution is 0.311. The van der Waals surface area contributed by atoms with E-state index in [2.05, 4.69) is 5.43 Å². The van der Waals surface area contributed by atoms with Crippen LogP contribution in [0.2, 0.25) is 0 Å². The maximum atomic E-state index is 11.8. The maximum Gasteiger partial charge on any atom is 0.246 e. The van der Waals surface area contributed by atoms with E-state index in [1.807, 2.05) is 0 Å². The Morgan fingerprint density at radius 3 is 2.64 bits per heavy atom. The van der Waals surface area contributed by atoms with Crippen molar-refractivity contribution < 1.29 is 8.42 Å². The molecular weight excluding hydrogens is 246 g/mol. The largest absolute Gasteiger partial charge is 0.267 e. The Labute approximate surface area is 93.1 Å². The second kappa shape index (κ2) is 4.28. The molecule has 0 aliphatic carbocycles. The van der Waals surface area contributed by atoms with Crippen LogP contribution in [0.25, 0.3) is 0 Å². The van der Waals surface area contributed by atoms with Crippen LogP contribution in [0.15, 0.2) is 10.6 Å². The lowest BCUT2D eigenvalue weighted by Gasteiger charge is -2.27. The summed E-state index contributed by atoms with van der Waals surface area (Å²) in [7, 11) is 1.27. The zero-order chi connectivity index (χ0) is 10.9. The molecular formula is C6H12ClN3O2S2. The van der Waals surface area contributed by atoms with Crippen molar-refractivity contribution in [3.05, 3.63) is 10.6 Å². The summed E-state index contributed by atoms with van der Waals surface area (Å²) < 4.78 is 24.0. The Hall–Kier alpha value is 0.0500. The number of hydrazine groups is 1. The minimum absolute atomic E-state index is 0.382. The quantitative estimate of drug-likeness (QED) is 0.741. The van der Waals surface area contributed by atoms with E-state index in [1.54, 1.807) is 12.5 Å². The zero-order valence-electron chi connectivity index (χ0n) is 8.06. The molecule has 1 atom stereocenters. The highest BCUT2D eigenvalue weighted by Crippen LogP contribution is 2.35. The lowest BCUT2D eigenvalue weighted by atomic mass is 10.9. The van der Waals surface area contributed by atoms with Crippen molar-refractivity contribution in [1.82, 2.24) is 14.7 Å². The Kier molecular flexibility index (Phi) is 3.70. The Bertz CT molecular complexity index is 341. The highest BCUT2D eigenvalue weighted by atomic mass is 35.5. The number of nitrogens with zero attached hydrogens (tertiary/aromatic N) is 2. The molecule has 0 saturated carbocycles. The second-order valence-electron chi connectivity index (χ2n) is 2.80. The van der Waals surface area contributed by atoms with E-state index in [0.29, 0.717) is 5.16 Å². The smallest absolute Gasteiger partial charge is 0.246 e. The fourth-order valence-corrected chi connectivity index (χ4v) is 4.15. The van der Waals surface area contributed by atoms with Gasteiger partial charge in [0.25, 0.3) is 0 Å². The standard InChI is InChI=1S/C6H12ClN3O2S2/c1-8-10-5(7)4-13-6(10)14(11,12)9(2)3/h4,6,8H,1-3H3. The first kappa shape index (κ1) is 12.1. The van der Waals surface area contributed by atoms with Crippen LogP contribution in [0.3, 0.4) is 0 Å². The van der Waals surface area contributed by atoms with Crippen LogP contribution in [0.1, 0.15) is 0 Å². The predicted octanol–water partition coefficient (Wildman–Crippen LogP) is 0.382. The Balaban J connectivity index is 2.93. The number of thioether (sulfide) groups is 1. The van der Waals surface area contributed by atoms with Crippen LogP contribution in [0.5, 0.6) is 0 Å². The van der Waals surface area contributed by atoms with Gasteiger partial charge in [0.1, 0.15) is 5.16 Å². The molecule has 8 heteroatoms. The molecule has 0 aromatic rings. The molecule has 14 heavy (non-hydrogen) atoms. The molecule has 0 saturated heterocycles. The number of halogens is 1. The third-order valence-corrected chi connectivity index (χ3v) is 5.75. The van der Waals surface area contributed by atoms with Crippen molar-refractivity contribution in [2.24, 2.45) is 0 Å². The number of hydrogen-bond donors (Lipinski definition) is 1. The van der Waals surface area contributed by atoms with Crippen molar-refractivity contribution in [1.29, 1.82) is 0 Å². The monoisotopic (exact) mass is 257 g/mol. The van der Waals surface area contributed by atoms with Crippen molar-refractivity contribution >= 4 is 33.4 Å². The van der Waals surface area contributed by atoms with Gasteiger partial charge in [-0.05, 0) is 0 Å². The molecule has 1 unspecified atom stereocenters. The summed E-state index contributed by atoms with van der Waals surface area (Å²) >= 11 is 6.96. The highest BCUT2D eigenvalue weighted by molar-refractivity contribution is 8.14. The molecule has 1 heterocycles. The molecule has 0 aromatic carbocycles. The van der Waals surface area contributed by atoms with E-state index in [-0.39, 0.29) is 0 Å². The molecule has 1 aliphatic rings. The van der Waals surface area contributed by atoms with Gasteiger partial charge in [0, 0.05) is 26.6 Å². The summed E-state index contributed by atoms with van der Waals surface area (Å²) in [4.78, 5) is 0. The molecule has 82 valence electrons. The topological polar surface area (TPSA) is 52.7 Å². The van der Waals surface area contributed by atoms with E-state index < -0.39 is 14.7 Å². The van der Waals surface area contributed by atoms with Gasteiger partial charge in [-0.25, -0.2) is 18.1 Å². The summed E-state index contributed by atoms with van der Waals surface area (Å²) in [6, 6.07) is 0. The normalized spacial score (nSPS) is 23.1. The Morgan fingerprint density at radius 1 is 1.64 bits per heavy atom. The van der Waals surface area contributed by atoms with Crippen LogP contribution < -0.4 is 5.43 Å². The van der Waals surface area contributed by atoms with Crippen molar-refractivity contribution in [3.8, 4) is 0 Å². The molecule has 1 N–H and O–H groups in total. The van der Waals surface area contributed by atoms with Gasteiger partial charge in [0.15, 0.2) is 0 Å². The van der Waals surface area contributed by atoms with E-state index in [9.17, 15) is 8.42 Å².